The average molecular weight is 262 g/mol. The van der Waals surface area contributed by atoms with E-state index in [-0.39, 0.29) is 6.10 Å². The van der Waals surface area contributed by atoms with Crippen LogP contribution in [0.1, 0.15) is 32.8 Å². The van der Waals surface area contributed by atoms with Crippen LogP contribution < -0.4 is 4.43 Å². The minimum Gasteiger partial charge on any atom is -0.540 e. The highest BCUT2D eigenvalue weighted by Gasteiger charge is 2.19. The first-order valence-corrected chi connectivity index (χ1v) is 7.46. The van der Waals surface area contributed by atoms with E-state index in [0.717, 1.165) is 24.3 Å². The second-order valence-corrected chi connectivity index (χ2v) is 5.32. The van der Waals surface area contributed by atoms with Gasteiger partial charge in [-0.1, -0.05) is 44.2 Å². The molecule has 0 aliphatic heterocycles. The van der Waals surface area contributed by atoms with Crippen molar-refractivity contribution in [2.24, 2.45) is 0 Å². The highest BCUT2D eigenvalue weighted by Crippen LogP contribution is 2.23. The summed E-state index contributed by atoms with van der Waals surface area (Å²) in [4.78, 5) is 0. The lowest BCUT2D eigenvalue weighted by Crippen LogP contribution is -2.24. The first-order chi connectivity index (χ1) is 8.72. The van der Waals surface area contributed by atoms with Gasteiger partial charge in [0.25, 0.3) is 0 Å². The molecule has 0 spiro atoms. The van der Waals surface area contributed by atoms with Crippen LogP contribution in [0.5, 0.6) is 5.75 Å². The Balaban J connectivity index is 2.59. The minimum absolute atomic E-state index is 0.245. The lowest BCUT2D eigenvalue weighted by molar-refractivity contribution is 0.0681. The number of benzene rings is 1. The van der Waals surface area contributed by atoms with Gasteiger partial charge < -0.3 is 9.16 Å². The van der Waals surface area contributed by atoms with E-state index in [1.807, 2.05) is 37.3 Å². The molecule has 3 heteroatoms. The van der Waals surface area contributed by atoms with Gasteiger partial charge in [0.2, 0.25) is 0 Å². The topological polar surface area (TPSA) is 18.5 Å². The minimum atomic E-state index is 0.245. The quantitative estimate of drug-likeness (QED) is 0.660. The van der Waals surface area contributed by atoms with Gasteiger partial charge in [-0.05, 0) is 19.9 Å². The Hall–Kier alpha value is -1.06. The Morgan fingerprint density at radius 3 is 2.67 bits per heavy atom. The fraction of sp³-hybridized carbons (Fsp3) is 0.467. The summed E-state index contributed by atoms with van der Waals surface area (Å²) in [6.45, 7) is 10.9. The van der Waals surface area contributed by atoms with Gasteiger partial charge in [0, 0.05) is 17.7 Å². The van der Waals surface area contributed by atoms with Crippen molar-refractivity contribution in [2.45, 2.75) is 38.8 Å². The smallest absolute Gasteiger partial charge is 0.316 e. The molecule has 2 nitrogen and oxygen atoms in total. The van der Waals surface area contributed by atoms with Crippen LogP contribution in [0.4, 0.5) is 0 Å². The molecule has 0 aliphatic carbocycles. The Labute approximate surface area is 113 Å². The van der Waals surface area contributed by atoms with Gasteiger partial charge in [0.05, 0.1) is 6.10 Å². The molecule has 0 aromatic heterocycles. The first-order valence-electron chi connectivity index (χ1n) is 6.48. The van der Waals surface area contributed by atoms with Crippen LogP contribution in [0.25, 0.3) is 6.08 Å². The van der Waals surface area contributed by atoms with Crippen molar-refractivity contribution in [3.8, 4) is 5.75 Å². The molecule has 1 aromatic rings. The van der Waals surface area contributed by atoms with E-state index >= 15 is 0 Å². The largest absolute Gasteiger partial charge is 0.540 e. The summed E-state index contributed by atoms with van der Waals surface area (Å²) in [6, 6.07) is 7.98. The van der Waals surface area contributed by atoms with E-state index in [1.165, 1.54) is 0 Å². The molecule has 18 heavy (non-hydrogen) atoms. The van der Waals surface area contributed by atoms with Crippen LogP contribution >= 0.6 is 0 Å². The monoisotopic (exact) mass is 262 g/mol. The summed E-state index contributed by atoms with van der Waals surface area (Å²) in [5, 5.41) is 0. The van der Waals surface area contributed by atoms with E-state index < -0.39 is 0 Å². The van der Waals surface area contributed by atoms with Gasteiger partial charge >= 0.3 is 9.76 Å². The van der Waals surface area contributed by atoms with Crippen molar-refractivity contribution in [3.05, 3.63) is 36.4 Å². The molecule has 0 fully saturated rings. The molecule has 0 aliphatic rings. The Kier molecular flexibility index (Phi) is 6.76. The number of para-hydroxylation sites is 1. The van der Waals surface area contributed by atoms with E-state index in [0.29, 0.717) is 15.3 Å². The number of rotatable bonds is 8. The maximum absolute atomic E-state index is 5.93. The molecule has 0 N–H and O–H groups in total. The SMILES string of the molecule is C=Cc1ccccc1O[Si]C(CC)C(C)OCC. The highest BCUT2D eigenvalue weighted by atomic mass is 28.2. The van der Waals surface area contributed by atoms with Crippen LogP contribution in [-0.2, 0) is 4.74 Å². The molecular formula is C15H22O2Si. The number of hydrogen-bond donors (Lipinski definition) is 0. The zero-order valence-electron chi connectivity index (χ0n) is 11.5. The number of ether oxygens (including phenoxy) is 1. The predicted molar refractivity (Wildman–Crippen MR) is 78.0 cm³/mol. The van der Waals surface area contributed by atoms with Gasteiger partial charge in [0.1, 0.15) is 5.75 Å². The van der Waals surface area contributed by atoms with Crippen LogP contribution in [0.3, 0.4) is 0 Å². The summed E-state index contributed by atoms with van der Waals surface area (Å²) in [7, 11) is 0.418. The van der Waals surface area contributed by atoms with E-state index in [2.05, 4.69) is 20.4 Å². The molecule has 0 heterocycles. The van der Waals surface area contributed by atoms with Crippen molar-refractivity contribution < 1.29 is 9.16 Å². The average Bonchev–Trinajstić information content (AvgIpc) is 2.40. The molecule has 1 aromatic carbocycles. The van der Waals surface area contributed by atoms with Crippen LogP contribution in [0.15, 0.2) is 30.8 Å². The summed E-state index contributed by atoms with van der Waals surface area (Å²) in [6.07, 6.45) is 3.14. The number of hydrogen-bond acceptors (Lipinski definition) is 2. The molecule has 0 amide bonds. The molecule has 1 rings (SSSR count). The third-order valence-electron chi connectivity index (χ3n) is 2.90. The highest BCUT2D eigenvalue weighted by molar-refractivity contribution is 6.31. The molecule has 2 radical (unpaired) electrons. The molecule has 2 unspecified atom stereocenters. The van der Waals surface area contributed by atoms with E-state index in [1.54, 1.807) is 0 Å². The Morgan fingerprint density at radius 1 is 1.33 bits per heavy atom. The maximum Gasteiger partial charge on any atom is 0.316 e. The van der Waals surface area contributed by atoms with Gasteiger partial charge in [-0.25, -0.2) is 0 Å². The zero-order valence-corrected chi connectivity index (χ0v) is 12.5. The summed E-state index contributed by atoms with van der Waals surface area (Å²) >= 11 is 0. The van der Waals surface area contributed by atoms with Crippen molar-refractivity contribution >= 4 is 15.8 Å². The molecule has 98 valence electrons. The van der Waals surface area contributed by atoms with Crippen molar-refractivity contribution in [3.63, 3.8) is 0 Å². The molecule has 0 bridgehead atoms. The standard InChI is InChI=1S/C15H22O2Si/c1-5-13-10-8-9-11-14(13)17-18-15(6-2)12(4)16-7-3/h5,8-12,15H,1,6-7H2,2-4H3. The second-order valence-electron chi connectivity index (χ2n) is 4.14. The van der Waals surface area contributed by atoms with Gasteiger partial charge in [-0.2, -0.15) is 0 Å². The van der Waals surface area contributed by atoms with E-state index in [4.69, 9.17) is 9.16 Å². The summed E-state index contributed by atoms with van der Waals surface area (Å²) < 4.78 is 11.6. The predicted octanol–water partition coefficient (Wildman–Crippen LogP) is 3.95. The second kappa shape index (κ2) is 8.11. The molecule has 2 atom stereocenters. The zero-order chi connectivity index (χ0) is 13.4. The van der Waals surface area contributed by atoms with Crippen LogP contribution in [0.2, 0.25) is 5.54 Å². The van der Waals surface area contributed by atoms with Gasteiger partial charge in [-0.3, -0.25) is 0 Å². The first kappa shape index (κ1) is 15.0. The molecule has 0 saturated carbocycles. The third-order valence-corrected chi connectivity index (χ3v) is 4.41. The van der Waals surface area contributed by atoms with Crippen molar-refractivity contribution in [1.29, 1.82) is 0 Å². The van der Waals surface area contributed by atoms with Crippen LogP contribution in [0, 0.1) is 0 Å². The van der Waals surface area contributed by atoms with E-state index in [9.17, 15) is 0 Å². The van der Waals surface area contributed by atoms with Crippen molar-refractivity contribution in [1.82, 2.24) is 0 Å². The van der Waals surface area contributed by atoms with Crippen LogP contribution in [-0.4, -0.2) is 22.5 Å². The maximum atomic E-state index is 5.93. The summed E-state index contributed by atoms with van der Waals surface area (Å²) in [5.74, 6) is 0.910. The summed E-state index contributed by atoms with van der Waals surface area (Å²) in [5.41, 5.74) is 1.49. The molecular weight excluding hydrogens is 240 g/mol. The molecule has 0 saturated heterocycles. The third kappa shape index (κ3) is 4.31. The normalized spacial score (nSPS) is 13.9. The Morgan fingerprint density at radius 2 is 2.06 bits per heavy atom. The lowest BCUT2D eigenvalue weighted by Gasteiger charge is -2.21. The fourth-order valence-corrected chi connectivity index (χ4v) is 2.69. The Bertz CT molecular complexity index is 365. The van der Waals surface area contributed by atoms with Gasteiger partial charge in [0.15, 0.2) is 0 Å². The fourth-order valence-electron chi connectivity index (χ4n) is 1.77. The lowest BCUT2D eigenvalue weighted by atomic mass is 10.2. The van der Waals surface area contributed by atoms with Gasteiger partial charge in [-0.15, -0.1) is 0 Å². The van der Waals surface area contributed by atoms with Crippen molar-refractivity contribution in [2.75, 3.05) is 6.61 Å².